The Morgan fingerprint density at radius 1 is 1.14 bits per heavy atom. The van der Waals surface area contributed by atoms with Crippen LogP contribution in [-0.2, 0) is 17.9 Å². The van der Waals surface area contributed by atoms with E-state index in [1.54, 1.807) is 23.0 Å². The average molecular weight is 488 g/mol. The van der Waals surface area contributed by atoms with Crippen LogP contribution in [0, 0.1) is 19.8 Å². The van der Waals surface area contributed by atoms with Crippen LogP contribution in [0.1, 0.15) is 53.0 Å². The van der Waals surface area contributed by atoms with Crippen molar-refractivity contribution in [3.8, 4) is 0 Å². The number of aryl methyl sites for hydroxylation is 2. The summed E-state index contributed by atoms with van der Waals surface area (Å²) in [6.45, 7) is 4.56. The van der Waals surface area contributed by atoms with Gasteiger partial charge in [0.25, 0.3) is 0 Å². The van der Waals surface area contributed by atoms with E-state index in [1.165, 1.54) is 12.5 Å². The molecule has 0 spiro atoms. The zero-order valence-electron chi connectivity index (χ0n) is 20.4. The Morgan fingerprint density at radius 3 is 2.69 bits per heavy atom. The highest BCUT2D eigenvalue weighted by Gasteiger charge is 2.23. The fourth-order valence-electron chi connectivity index (χ4n) is 4.90. The number of anilines is 1. The SMILES string of the molecule is Cc1cc(C)n(CC(=O)Nc2cc(C(=O)c3cn(CC4CCC(O)CC4)c4ncncc34)ccn2)n1. The van der Waals surface area contributed by atoms with Gasteiger partial charge in [-0.25, -0.2) is 15.0 Å². The number of hydrogen-bond acceptors (Lipinski definition) is 7. The topological polar surface area (TPSA) is 128 Å². The summed E-state index contributed by atoms with van der Waals surface area (Å²) in [6.07, 6.45) is 9.78. The molecule has 36 heavy (non-hydrogen) atoms. The van der Waals surface area contributed by atoms with Gasteiger partial charge in [-0.2, -0.15) is 5.10 Å². The fraction of sp³-hybridized carbons (Fsp3) is 0.385. The third kappa shape index (κ3) is 5.03. The quantitative estimate of drug-likeness (QED) is 0.384. The molecule has 0 aromatic carbocycles. The van der Waals surface area contributed by atoms with Crippen LogP contribution in [0.3, 0.4) is 0 Å². The second-order valence-electron chi connectivity index (χ2n) is 9.52. The molecule has 1 saturated carbocycles. The number of pyridine rings is 1. The largest absolute Gasteiger partial charge is 0.393 e. The monoisotopic (exact) mass is 487 g/mol. The van der Waals surface area contributed by atoms with E-state index < -0.39 is 0 Å². The van der Waals surface area contributed by atoms with Crippen molar-refractivity contribution in [2.75, 3.05) is 5.32 Å². The summed E-state index contributed by atoms with van der Waals surface area (Å²) >= 11 is 0. The molecule has 4 heterocycles. The molecular formula is C26H29N7O3. The van der Waals surface area contributed by atoms with Crippen molar-refractivity contribution < 1.29 is 14.7 Å². The Labute approximate surface area is 208 Å². The van der Waals surface area contributed by atoms with Gasteiger partial charge in [0.2, 0.25) is 5.91 Å². The Morgan fingerprint density at radius 2 is 1.94 bits per heavy atom. The van der Waals surface area contributed by atoms with Crippen molar-refractivity contribution in [1.29, 1.82) is 0 Å². The first-order valence-corrected chi connectivity index (χ1v) is 12.2. The minimum atomic E-state index is -0.277. The van der Waals surface area contributed by atoms with E-state index in [2.05, 4.69) is 25.4 Å². The first-order valence-electron chi connectivity index (χ1n) is 12.2. The second-order valence-corrected chi connectivity index (χ2v) is 9.52. The Kier molecular flexibility index (Phi) is 6.60. The normalized spacial score (nSPS) is 17.9. The molecule has 4 aromatic rings. The van der Waals surface area contributed by atoms with Crippen LogP contribution < -0.4 is 5.32 Å². The molecule has 0 radical (unpaired) electrons. The summed E-state index contributed by atoms with van der Waals surface area (Å²) in [7, 11) is 0. The minimum absolute atomic E-state index is 0.0581. The molecule has 0 bridgehead atoms. The van der Waals surface area contributed by atoms with Gasteiger partial charge in [-0.15, -0.1) is 0 Å². The van der Waals surface area contributed by atoms with Crippen molar-refractivity contribution >= 4 is 28.5 Å². The van der Waals surface area contributed by atoms with Crippen LogP contribution >= 0.6 is 0 Å². The molecule has 2 N–H and O–H groups in total. The number of aliphatic hydroxyl groups excluding tert-OH is 1. The highest BCUT2D eigenvalue weighted by Crippen LogP contribution is 2.29. The number of amides is 1. The molecule has 0 saturated heterocycles. The van der Waals surface area contributed by atoms with Gasteiger partial charge in [-0.05, 0) is 63.6 Å². The predicted molar refractivity (Wildman–Crippen MR) is 133 cm³/mol. The molecule has 1 amide bonds. The van der Waals surface area contributed by atoms with Crippen LogP contribution in [-0.4, -0.2) is 52.2 Å². The number of aromatic nitrogens is 6. The maximum absolute atomic E-state index is 13.5. The van der Waals surface area contributed by atoms with Crippen LogP contribution in [0.4, 0.5) is 5.82 Å². The van der Waals surface area contributed by atoms with Crippen LogP contribution in [0.15, 0.2) is 43.1 Å². The van der Waals surface area contributed by atoms with Gasteiger partial charge in [0.15, 0.2) is 5.78 Å². The summed E-state index contributed by atoms with van der Waals surface area (Å²) in [4.78, 5) is 38.9. The highest BCUT2D eigenvalue weighted by molar-refractivity contribution is 6.16. The van der Waals surface area contributed by atoms with Gasteiger partial charge >= 0.3 is 0 Å². The van der Waals surface area contributed by atoms with E-state index in [1.807, 2.05) is 30.7 Å². The van der Waals surface area contributed by atoms with E-state index in [4.69, 9.17) is 0 Å². The molecule has 5 rings (SSSR count). The van der Waals surface area contributed by atoms with Crippen molar-refractivity contribution in [3.63, 3.8) is 0 Å². The lowest BCUT2D eigenvalue weighted by atomic mass is 9.87. The standard InChI is InChI=1S/C26H29N7O3/c1-16-9-17(2)33(31-16)14-24(35)30-23-10-19(7-8-28-23)25(36)22-13-32(26-21(22)11-27-15-29-26)12-18-3-5-20(34)6-4-18/h7-11,13,15,18,20,34H,3-6,12,14H2,1-2H3,(H,28,30,35). The van der Waals surface area contributed by atoms with Crippen LogP contribution in [0.2, 0.25) is 0 Å². The summed E-state index contributed by atoms with van der Waals surface area (Å²) in [5.41, 5.74) is 3.37. The number of aliphatic hydroxyl groups is 1. The summed E-state index contributed by atoms with van der Waals surface area (Å²) < 4.78 is 3.65. The minimum Gasteiger partial charge on any atom is -0.393 e. The molecular weight excluding hydrogens is 458 g/mol. The fourth-order valence-corrected chi connectivity index (χ4v) is 4.90. The van der Waals surface area contributed by atoms with Crippen molar-refractivity contribution in [2.24, 2.45) is 5.92 Å². The molecule has 0 unspecified atom stereocenters. The van der Waals surface area contributed by atoms with E-state index in [9.17, 15) is 14.7 Å². The zero-order chi connectivity index (χ0) is 25.2. The van der Waals surface area contributed by atoms with E-state index in [-0.39, 0.29) is 24.3 Å². The van der Waals surface area contributed by atoms with Crippen molar-refractivity contribution in [3.05, 3.63) is 65.6 Å². The highest BCUT2D eigenvalue weighted by atomic mass is 16.3. The first kappa shape index (κ1) is 23.8. The number of carbonyl (C=O) groups is 2. The number of nitrogens with one attached hydrogen (secondary N) is 1. The van der Waals surface area contributed by atoms with Crippen LogP contribution in [0.5, 0.6) is 0 Å². The number of hydrogen-bond donors (Lipinski definition) is 2. The van der Waals surface area contributed by atoms with Gasteiger partial charge in [0, 0.05) is 41.8 Å². The number of nitrogens with zero attached hydrogens (tertiary/aromatic N) is 6. The first-order chi connectivity index (χ1) is 17.4. The lowest BCUT2D eigenvalue weighted by Crippen LogP contribution is -2.21. The predicted octanol–water partition coefficient (Wildman–Crippen LogP) is 3.06. The van der Waals surface area contributed by atoms with E-state index in [0.29, 0.717) is 33.9 Å². The molecule has 1 fully saturated rings. The lowest BCUT2D eigenvalue weighted by molar-refractivity contribution is -0.117. The Bertz CT molecular complexity index is 1420. The summed E-state index contributed by atoms with van der Waals surface area (Å²) in [5, 5.41) is 17.6. The van der Waals surface area contributed by atoms with Crippen LogP contribution in [0.25, 0.3) is 11.0 Å². The van der Waals surface area contributed by atoms with E-state index in [0.717, 1.165) is 43.6 Å². The third-order valence-electron chi connectivity index (χ3n) is 6.74. The van der Waals surface area contributed by atoms with Gasteiger partial charge in [-0.3, -0.25) is 14.3 Å². The van der Waals surface area contributed by atoms with Gasteiger partial charge in [0.1, 0.15) is 24.3 Å². The van der Waals surface area contributed by atoms with Crippen molar-refractivity contribution in [2.45, 2.75) is 58.7 Å². The van der Waals surface area contributed by atoms with Crippen molar-refractivity contribution in [1.82, 2.24) is 29.3 Å². The van der Waals surface area contributed by atoms with Gasteiger partial charge < -0.3 is 15.0 Å². The maximum Gasteiger partial charge on any atom is 0.247 e. The second kappa shape index (κ2) is 9.98. The number of carbonyl (C=O) groups excluding carboxylic acids is 2. The Balaban J connectivity index is 1.35. The number of ketones is 1. The molecule has 10 heteroatoms. The smallest absolute Gasteiger partial charge is 0.247 e. The third-order valence-corrected chi connectivity index (χ3v) is 6.74. The maximum atomic E-state index is 13.5. The molecule has 1 aliphatic carbocycles. The summed E-state index contributed by atoms with van der Waals surface area (Å²) in [5.74, 6) is 0.255. The number of rotatable bonds is 7. The average Bonchev–Trinajstić information content (AvgIpc) is 3.38. The molecule has 10 nitrogen and oxygen atoms in total. The lowest BCUT2D eigenvalue weighted by Gasteiger charge is -2.25. The molecule has 4 aromatic heterocycles. The van der Waals surface area contributed by atoms with Gasteiger partial charge in [0.05, 0.1) is 17.4 Å². The zero-order valence-corrected chi connectivity index (χ0v) is 20.4. The Hall–Kier alpha value is -3.92. The summed E-state index contributed by atoms with van der Waals surface area (Å²) in [6, 6.07) is 5.12. The molecule has 186 valence electrons. The molecule has 1 aliphatic rings. The number of fused-ring (bicyclic) bond motifs is 1. The molecule has 0 aliphatic heterocycles. The van der Waals surface area contributed by atoms with E-state index >= 15 is 0 Å². The molecule has 0 atom stereocenters. The van der Waals surface area contributed by atoms with Gasteiger partial charge in [-0.1, -0.05) is 0 Å².